The average molecular weight is 444 g/mol. The number of non-ortho nitro benzene ring substituents is 1. The van der Waals surface area contributed by atoms with Crippen LogP contribution < -0.4 is 10.1 Å². The molecule has 2 rings (SSSR count). The zero-order chi connectivity index (χ0) is 20.7. The molecule has 0 bridgehead atoms. The minimum atomic E-state index is -0.454. The lowest BCUT2D eigenvalue weighted by molar-refractivity contribution is -0.384. The van der Waals surface area contributed by atoms with Crippen LogP contribution in [0.5, 0.6) is 5.75 Å². The first-order chi connectivity index (χ1) is 13.3. The van der Waals surface area contributed by atoms with Crippen molar-refractivity contribution in [2.45, 2.75) is 26.5 Å². The molecule has 0 aliphatic rings. The molecule has 0 heterocycles. The van der Waals surface area contributed by atoms with Crippen molar-refractivity contribution in [1.29, 1.82) is 5.26 Å². The van der Waals surface area contributed by atoms with Gasteiger partial charge in [-0.25, -0.2) is 0 Å². The van der Waals surface area contributed by atoms with Gasteiger partial charge in [0.25, 0.3) is 11.6 Å². The number of ether oxygens (including phenoxy) is 1. The lowest BCUT2D eigenvalue weighted by atomic mass is 10.1. The van der Waals surface area contributed by atoms with Crippen LogP contribution in [0.4, 0.5) is 5.69 Å². The van der Waals surface area contributed by atoms with Crippen molar-refractivity contribution in [1.82, 2.24) is 5.32 Å². The summed E-state index contributed by atoms with van der Waals surface area (Å²) in [7, 11) is 0. The predicted molar refractivity (Wildman–Crippen MR) is 108 cm³/mol. The number of nitro groups is 1. The van der Waals surface area contributed by atoms with E-state index in [2.05, 4.69) is 21.2 Å². The molecule has 0 aliphatic heterocycles. The van der Waals surface area contributed by atoms with Crippen molar-refractivity contribution >= 4 is 33.6 Å². The number of carbonyl (C=O) groups excluding carboxylic acids is 1. The molecule has 1 amide bonds. The summed E-state index contributed by atoms with van der Waals surface area (Å²) in [6, 6.07) is 13.1. The van der Waals surface area contributed by atoms with Crippen LogP contribution in [0.3, 0.4) is 0 Å². The zero-order valence-electron chi connectivity index (χ0n) is 15.3. The van der Waals surface area contributed by atoms with E-state index in [1.54, 1.807) is 30.3 Å². The van der Waals surface area contributed by atoms with E-state index in [9.17, 15) is 20.2 Å². The molecule has 0 fully saturated rings. The fourth-order valence-electron chi connectivity index (χ4n) is 2.25. The minimum Gasteiger partial charge on any atom is -0.488 e. The van der Waals surface area contributed by atoms with Gasteiger partial charge < -0.3 is 10.1 Å². The van der Waals surface area contributed by atoms with Gasteiger partial charge >= 0.3 is 0 Å². The van der Waals surface area contributed by atoms with Gasteiger partial charge in [0.15, 0.2) is 0 Å². The SMILES string of the molecule is CC(C)NC(=O)/C(C#N)=C\c1ccc(OCc2ccc([N+](=O)[O-])cc2)c(Br)c1. The lowest BCUT2D eigenvalue weighted by Crippen LogP contribution is -2.30. The van der Waals surface area contributed by atoms with E-state index in [0.717, 1.165) is 5.56 Å². The number of benzene rings is 2. The van der Waals surface area contributed by atoms with Crippen LogP contribution in [-0.2, 0) is 11.4 Å². The molecular formula is C20H18BrN3O4. The first kappa shape index (κ1) is 21.1. The molecule has 7 nitrogen and oxygen atoms in total. The number of amides is 1. The Balaban J connectivity index is 2.09. The third-order valence-corrected chi connectivity index (χ3v) is 4.21. The van der Waals surface area contributed by atoms with Crippen LogP contribution in [0.2, 0.25) is 0 Å². The Kier molecular flexibility index (Phi) is 7.29. The average Bonchev–Trinajstić information content (AvgIpc) is 2.65. The van der Waals surface area contributed by atoms with Gasteiger partial charge in [-0.2, -0.15) is 5.26 Å². The van der Waals surface area contributed by atoms with Gasteiger partial charge in [-0.15, -0.1) is 0 Å². The van der Waals surface area contributed by atoms with Crippen LogP contribution in [0.1, 0.15) is 25.0 Å². The Morgan fingerprint density at radius 1 is 1.32 bits per heavy atom. The molecule has 0 atom stereocenters. The number of hydrogen-bond acceptors (Lipinski definition) is 5. The second kappa shape index (κ2) is 9.67. The highest BCUT2D eigenvalue weighted by molar-refractivity contribution is 9.10. The van der Waals surface area contributed by atoms with Gasteiger partial charge in [0.2, 0.25) is 0 Å². The van der Waals surface area contributed by atoms with Crippen LogP contribution in [0.25, 0.3) is 6.08 Å². The third kappa shape index (κ3) is 5.93. The maximum absolute atomic E-state index is 12.0. The van der Waals surface area contributed by atoms with E-state index in [4.69, 9.17) is 4.74 Å². The van der Waals surface area contributed by atoms with Gasteiger partial charge in [0, 0.05) is 18.2 Å². The molecule has 0 unspecified atom stereocenters. The summed E-state index contributed by atoms with van der Waals surface area (Å²) in [5.74, 6) is 0.146. The normalized spacial score (nSPS) is 11.0. The first-order valence-electron chi connectivity index (χ1n) is 8.38. The van der Waals surface area contributed by atoms with E-state index in [1.165, 1.54) is 18.2 Å². The van der Waals surface area contributed by atoms with Crippen molar-refractivity contribution in [3.63, 3.8) is 0 Å². The van der Waals surface area contributed by atoms with E-state index in [0.29, 0.717) is 15.8 Å². The minimum absolute atomic E-state index is 0.0140. The maximum atomic E-state index is 12.0. The fourth-order valence-corrected chi connectivity index (χ4v) is 2.77. The summed E-state index contributed by atoms with van der Waals surface area (Å²) in [6.07, 6.45) is 1.50. The molecule has 0 spiro atoms. The smallest absolute Gasteiger partial charge is 0.269 e. The number of hydrogen-bond donors (Lipinski definition) is 1. The molecule has 2 aromatic carbocycles. The van der Waals surface area contributed by atoms with Gasteiger partial charge in [-0.3, -0.25) is 14.9 Å². The van der Waals surface area contributed by atoms with Crippen LogP contribution in [0, 0.1) is 21.4 Å². The van der Waals surface area contributed by atoms with Crippen molar-refractivity contribution in [2.24, 2.45) is 0 Å². The Morgan fingerprint density at radius 3 is 2.54 bits per heavy atom. The van der Waals surface area contributed by atoms with E-state index in [-0.39, 0.29) is 23.9 Å². The van der Waals surface area contributed by atoms with Gasteiger partial charge in [0.05, 0.1) is 9.40 Å². The zero-order valence-corrected chi connectivity index (χ0v) is 16.9. The van der Waals surface area contributed by atoms with E-state index < -0.39 is 10.8 Å². The quantitative estimate of drug-likeness (QED) is 0.296. The standard InChI is InChI=1S/C20H18BrN3O4/c1-13(2)23-20(25)16(11-22)9-15-5-8-19(18(21)10-15)28-12-14-3-6-17(7-4-14)24(26)27/h3-10,13H,12H2,1-2H3,(H,23,25)/b16-9-. The van der Waals surface area contributed by atoms with Crippen molar-refractivity contribution in [2.75, 3.05) is 0 Å². The highest BCUT2D eigenvalue weighted by Gasteiger charge is 2.11. The second-order valence-corrected chi connectivity index (χ2v) is 7.05. The molecule has 28 heavy (non-hydrogen) atoms. The highest BCUT2D eigenvalue weighted by atomic mass is 79.9. The molecule has 0 saturated heterocycles. The molecular weight excluding hydrogens is 426 g/mol. The van der Waals surface area contributed by atoms with Crippen LogP contribution in [0.15, 0.2) is 52.5 Å². The molecule has 2 aromatic rings. The van der Waals surface area contributed by atoms with Gasteiger partial charge in [-0.1, -0.05) is 6.07 Å². The number of nitriles is 1. The molecule has 0 aromatic heterocycles. The number of nitro benzene ring substituents is 1. The monoisotopic (exact) mass is 443 g/mol. The fraction of sp³-hybridized carbons (Fsp3) is 0.200. The summed E-state index contributed by atoms with van der Waals surface area (Å²) >= 11 is 3.41. The summed E-state index contributed by atoms with van der Waals surface area (Å²) in [4.78, 5) is 22.2. The van der Waals surface area contributed by atoms with Gasteiger partial charge in [-0.05, 0) is 71.2 Å². The predicted octanol–water partition coefficient (Wildman–Crippen LogP) is 4.37. The van der Waals surface area contributed by atoms with Crippen molar-refractivity contribution < 1.29 is 14.5 Å². The number of carbonyl (C=O) groups is 1. The summed E-state index contributed by atoms with van der Waals surface area (Å²) < 4.78 is 6.39. The topological polar surface area (TPSA) is 105 Å². The Labute approximate surface area is 170 Å². The molecule has 8 heteroatoms. The molecule has 0 saturated carbocycles. The summed E-state index contributed by atoms with van der Waals surface area (Å²) in [5.41, 5.74) is 1.50. The highest BCUT2D eigenvalue weighted by Crippen LogP contribution is 2.28. The molecule has 0 aliphatic carbocycles. The van der Waals surface area contributed by atoms with Gasteiger partial charge in [0.1, 0.15) is 24.0 Å². The number of halogens is 1. The Bertz CT molecular complexity index is 947. The molecule has 0 radical (unpaired) electrons. The van der Waals surface area contributed by atoms with Crippen molar-refractivity contribution in [3.05, 3.63) is 73.8 Å². The maximum Gasteiger partial charge on any atom is 0.269 e. The van der Waals surface area contributed by atoms with Crippen molar-refractivity contribution in [3.8, 4) is 11.8 Å². The Morgan fingerprint density at radius 2 is 2.00 bits per heavy atom. The summed E-state index contributed by atoms with van der Waals surface area (Å²) in [6.45, 7) is 3.88. The number of nitrogens with one attached hydrogen (secondary N) is 1. The second-order valence-electron chi connectivity index (χ2n) is 6.20. The Hall–Kier alpha value is -3.18. The molecule has 144 valence electrons. The summed E-state index contributed by atoms with van der Waals surface area (Å²) in [5, 5.41) is 22.6. The first-order valence-corrected chi connectivity index (χ1v) is 9.17. The largest absolute Gasteiger partial charge is 0.488 e. The number of nitrogens with zero attached hydrogens (tertiary/aromatic N) is 2. The molecule has 1 N–H and O–H groups in total. The van der Waals surface area contributed by atoms with Crippen LogP contribution >= 0.6 is 15.9 Å². The number of rotatable bonds is 7. The van der Waals surface area contributed by atoms with E-state index >= 15 is 0 Å². The third-order valence-electron chi connectivity index (χ3n) is 3.59. The lowest BCUT2D eigenvalue weighted by Gasteiger charge is -2.10. The van der Waals surface area contributed by atoms with Crippen LogP contribution in [-0.4, -0.2) is 16.9 Å². The van der Waals surface area contributed by atoms with E-state index in [1.807, 2.05) is 19.9 Å².